The fourth-order valence-electron chi connectivity index (χ4n) is 1.92. The number of rotatable bonds is 8. The minimum atomic E-state index is 0.838. The lowest BCUT2D eigenvalue weighted by molar-refractivity contribution is 0.275. The molecule has 85 valence electrons. The molecule has 0 heterocycles. The van der Waals surface area contributed by atoms with Crippen LogP contribution in [0.2, 0.25) is 0 Å². The second-order valence-electron chi connectivity index (χ2n) is 5.14. The summed E-state index contributed by atoms with van der Waals surface area (Å²) >= 11 is 0. The predicted octanol–water partition coefficient (Wildman–Crippen LogP) is 5.09. The maximum atomic E-state index is 3.87. The second-order valence-corrected chi connectivity index (χ2v) is 5.14. The molecule has 0 amide bonds. The van der Waals surface area contributed by atoms with Gasteiger partial charge in [0.25, 0.3) is 0 Å². The van der Waals surface area contributed by atoms with Crippen LogP contribution in [0.25, 0.3) is 0 Å². The Hall–Kier alpha value is 0. The molecule has 0 spiro atoms. The second kappa shape index (κ2) is 8.32. The van der Waals surface area contributed by atoms with Gasteiger partial charge >= 0.3 is 0 Å². The lowest BCUT2D eigenvalue weighted by Crippen LogP contribution is -2.14. The third kappa shape index (κ3) is 6.45. The highest BCUT2D eigenvalue weighted by Crippen LogP contribution is 2.24. The highest BCUT2D eigenvalue weighted by Gasteiger charge is 2.14. The third-order valence-corrected chi connectivity index (χ3v) is 3.61. The molecule has 2 unspecified atom stereocenters. The van der Waals surface area contributed by atoms with Gasteiger partial charge in [0, 0.05) is 0 Å². The molecule has 0 rings (SSSR count). The molecule has 0 aromatic heterocycles. The fraction of sp³-hybridized carbons (Fsp3) is 0.929. The minimum absolute atomic E-state index is 0.838. The Morgan fingerprint density at radius 3 is 1.93 bits per heavy atom. The van der Waals surface area contributed by atoms with Crippen molar-refractivity contribution in [2.24, 2.45) is 17.8 Å². The standard InChI is InChI=1S/C14H29/c1-6-7-8-9-10-11-13(4)14(5)12(2)3/h12-14H,1,6-11H2,2-5H3. The van der Waals surface area contributed by atoms with E-state index in [0.717, 1.165) is 24.2 Å². The van der Waals surface area contributed by atoms with Crippen molar-refractivity contribution >= 4 is 0 Å². The molecular formula is C14H29. The summed E-state index contributed by atoms with van der Waals surface area (Å²) in [7, 11) is 0. The summed E-state index contributed by atoms with van der Waals surface area (Å²) in [5, 5.41) is 0. The highest BCUT2D eigenvalue weighted by molar-refractivity contribution is 4.65. The van der Waals surface area contributed by atoms with Gasteiger partial charge in [-0.15, -0.1) is 0 Å². The molecule has 0 N–H and O–H groups in total. The van der Waals surface area contributed by atoms with Gasteiger partial charge in [-0.1, -0.05) is 73.1 Å². The van der Waals surface area contributed by atoms with E-state index in [1.165, 1.54) is 32.1 Å². The zero-order chi connectivity index (χ0) is 11.0. The van der Waals surface area contributed by atoms with E-state index in [4.69, 9.17) is 0 Å². The van der Waals surface area contributed by atoms with Gasteiger partial charge in [0.05, 0.1) is 0 Å². The molecule has 0 saturated heterocycles. The van der Waals surface area contributed by atoms with Gasteiger partial charge in [-0.3, -0.25) is 0 Å². The molecule has 0 bridgehead atoms. The van der Waals surface area contributed by atoms with Gasteiger partial charge in [0.1, 0.15) is 0 Å². The predicted molar refractivity (Wildman–Crippen MR) is 66.2 cm³/mol. The summed E-state index contributed by atoms with van der Waals surface area (Å²) in [5.74, 6) is 2.61. The van der Waals surface area contributed by atoms with E-state index in [1.807, 2.05) is 0 Å². The lowest BCUT2D eigenvalue weighted by atomic mass is 9.83. The highest BCUT2D eigenvalue weighted by atomic mass is 14.2. The Morgan fingerprint density at radius 2 is 1.43 bits per heavy atom. The molecule has 0 saturated carbocycles. The largest absolute Gasteiger partial charge is 0.0625 e. The van der Waals surface area contributed by atoms with Gasteiger partial charge in [-0.2, -0.15) is 0 Å². The number of hydrogen-bond donors (Lipinski definition) is 0. The fourth-order valence-corrected chi connectivity index (χ4v) is 1.92. The molecule has 1 radical (unpaired) electrons. The third-order valence-electron chi connectivity index (χ3n) is 3.61. The van der Waals surface area contributed by atoms with E-state index in [-0.39, 0.29) is 0 Å². The lowest BCUT2D eigenvalue weighted by Gasteiger charge is -2.23. The topological polar surface area (TPSA) is 0 Å². The summed E-state index contributed by atoms with van der Waals surface area (Å²) in [4.78, 5) is 0. The first-order valence-corrected chi connectivity index (χ1v) is 6.38. The smallest absolute Gasteiger partial charge is 0.0394 e. The van der Waals surface area contributed by atoms with Crippen LogP contribution in [0.4, 0.5) is 0 Å². The Bertz CT molecular complexity index is 115. The van der Waals surface area contributed by atoms with Crippen molar-refractivity contribution < 1.29 is 0 Å². The number of unbranched alkanes of at least 4 members (excludes halogenated alkanes) is 4. The van der Waals surface area contributed by atoms with Gasteiger partial charge in [-0.25, -0.2) is 0 Å². The van der Waals surface area contributed by atoms with Gasteiger partial charge in [0.2, 0.25) is 0 Å². The first kappa shape index (κ1) is 14.0. The zero-order valence-corrected chi connectivity index (χ0v) is 10.7. The van der Waals surface area contributed by atoms with Gasteiger partial charge < -0.3 is 0 Å². The van der Waals surface area contributed by atoms with Crippen molar-refractivity contribution in [3.63, 3.8) is 0 Å². The van der Waals surface area contributed by atoms with Crippen LogP contribution in [0, 0.1) is 24.7 Å². The Balaban J connectivity index is 3.39. The van der Waals surface area contributed by atoms with E-state index in [9.17, 15) is 0 Å². The molecule has 0 heteroatoms. The van der Waals surface area contributed by atoms with Crippen molar-refractivity contribution in [1.82, 2.24) is 0 Å². The van der Waals surface area contributed by atoms with Crippen molar-refractivity contribution in [3.8, 4) is 0 Å². The summed E-state index contributed by atoms with van der Waals surface area (Å²) < 4.78 is 0. The van der Waals surface area contributed by atoms with Crippen molar-refractivity contribution in [1.29, 1.82) is 0 Å². The maximum absolute atomic E-state index is 3.87. The summed E-state index contributed by atoms with van der Waals surface area (Å²) in [6.45, 7) is 13.3. The quantitative estimate of drug-likeness (QED) is 0.475. The molecule has 0 aliphatic heterocycles. The van der Waals surface area contributed by atoms with Crippen LogP contribution in [-0.2, 0) is 0 Å². The average molecular weight is 197 g/mol. The summed E-state index contributed by atoms with van der Waals surface area (Å²) in [6.07, 6.45) is 8.04. The normalized spacial score (nSPS) is 15.9. The molecule has 2 atom stereocenters. The van der Waals surface area contributed by atoms with Gasteiger partial charge in [-0.05, 0) is 17.8 Å². The Labute approximate surface area is 91.5 Å². The van der Waals surface area contributed by atoms with Crippen molar-refractivity contribution in [2.45, 2.75) is 66.2 Å². The minimum Gasteiger partial charge on any atom is -0.0625 e. The monoisotopic (exact) mass is 197 g/mol. The van der Waals surface area contributed by atoms with Crippen molar-refractivity contribution in [3.05, 3.63) is 6.92 Å². The Kier molecular flexibility index (Phi) is 8.32. The molecule has 14 heavy (non-hydrogen) atoms. The van der Waals surface area contributed by atoms with Crippen LogP contribution >= 0.6 is 0 Å². The van der Waals surface area contributed by atoms with E-state index >= 15 is 0 Å². The van der Waals surface area contributed by atoms with Crippen LogP contribution < -0.4 is 0 Å². The Morgan fingerprint density at radius 1 is 0.857 bits per heavy atom. The van der Waals surface area contributed by atoms with Gasteiger partial charge in [0.15, 0.2) is 0 Å². The van der Waals surface area contributed by atoms with E-state index in [1.54, 1.807) is 0 Å². The van der Waals surface area contributed by atoms with Crippen LogP contribution in [0.3, 0.4) is 0 Å². The van der Waals surface area contributed by atoms with E-state index in [0.29, 0.717) is 0 Å². The molecule has 0 aliphatic rings. The van der Waals surface area contributed by atoms with Crippen molar-refractivity contribution in [2.75, 3.05) is 0 Å². The molecule has 0 aliphatic carbocycles. The van der Waals surface area contributed by atoms with E-state index in [2.05, 4.69) is 34.6 Å². The summed E-state index contributed by atoms with van der Waals surface area (Å²) in [6, 6.07) is 0. The number of hydrogen-bond acceptors (Lipinski definition) is 0. The molecule has 0 fully saturated rings. The molecule has 0 aromatic rings. The zero-order valence-electron chi connectivity index (χ0n) is 10.7. The molecule has 0 nitrogen and oxygen atoms in total. The van der Waals surface area contributed by atoms with E-state index < -0.39 is 0 Å². The first-order chi connectivity index (χ1) is 6.59. The molecule has 0 aromatic carbocycles. The maximum Gasteiger partial charge on any atom is -0.0394 e. The average Bonchev–Trinajstić information content (AvgIpc) is 2.16. The van der Waals surface area contributed by atoms with Crippen LogP contribution in [0.5, 0.6) is 0 Å². The molecular weight excluding hydrogens is 168 g/mol. The SMILES string of the molecule is [CH2]CCCCCCC(C)C(C)C(C)C. The first-order valence-electron chi connectivity index (χ1n) is 6.38. The van der Waals surface area contributed by atoms with Crippen LogP contribution in [0.1, 0.15) is 66.2 Å². The van der Waals surface area contributed by atoms with Crippen LogP contribution in [0.15, 0.2) is 0 Å². The summed E-state index contributed by atoms with van der Waals surface area (Å²) in [5.41, 5.74) is 0. The van der Waals surface area contributed by atoms with Crippen LogP contribution in [-0.4, -0.2) is 0 Å².